The van der Waals surface area contributed by atoms with Crippen LogP contribution in [-0.4, -0.2) is 27.3 Å². The van der Waals surface area contributed by atoms with E-state index in [1.54, 1.807) is 41.8 Å². The molecule has 3 N–H and O–H groups in total. The van der Waals surface area contributed by atoms with E-state index in [9.17, 15) is 18.0 Å². The van der Waals surface area contributed by atoms with Crippen LogP contribution in [0.5, 0.6) is 5.75 Å². The van der Waals surface area contributed by atoms with E-state index >= 15 is 0 Å². The molecule has 0 spiro atoms. The summed E-state index contributed by atoms with van der Waals surface area (Å²) in [6, 6.07) is 15.3. The minimum absolute atomic E-state index is 0.0254. The Morgan fingerprint density at radius 1 is 0.897 bits per heavy atom. The molecule has 3 rings (SSSR count). The summed E-state index contributed by atoms with van der Waals surface area (Å²) in [4.78, 5) is 24.4. The molecule has 10 heteroatoms. The molecule has 0 aliphatic carbocycles. The Kier molecular flexibility index (Phi) is 6.15. The van der Waals surface area contributed by atoms with Crippen molar-refractivity contribution >= 4 is 38.9 Å². The summed E-state index contributed by atoms with van der Waals surface area (Å²) in [5.41, 5.74) is 5.07. The number of nitrogens with one attached hydrogen (secondary N) is 3. The zero-order valence-electron chi connectivity index (χ0n) is 15.2. The van der Waals surface area contributed by atoms with Crippen LogP contribution in [0.15, 0.2) is 70.9 Å². The average Bonchev–Trinajstić information content (AvgIpc) is 3.27. The number of rotatable bonds is 6. The normalized spacial score (nSPS) is 10.8. The highest BCUT2D eigenvalue weighted by molar-refractivity contribution is 7.92. The Labute approximate surface area is 171 Å². The molecule has 0 aliphatic heterocycles. The molecule has 0 unspecified atom stereocenters. The average molecular weight is 431 g/mol. The number of carbonyl (C=O) groups is 2. The van der Waals surface area contributed by atoms with Gasteiger partial charge in [-0.25, -0.2) is 8.42 Å². The molecular weight excluding hydrogens is 414 g/mol. The second-order valence-corrected chi connectivity index (χ2v) is 8.35. The molecule has 1 aromatic heterocycles. The van der Waals surface area contributed by atoms with Gasteiger partial charge in [0.25, 0.3) is 21.8 Å². The molecule has 0 radical (unpaired) electrons. The highest BCUT2D eigenvalue weighted by Crippen LogP contribution is 2.26. The SMILES string of the molecule is COc1ccccc1NS(=O)(=O)c1ccc(C(=O)NNC(=O)c2cccs2)cc1. The summed E-state index contributed by atoms with van der Waals surface area (Å²) in [7, 11) is -2.43. The summed E-state index contributed by atoms with van der Waals surface area (Å²) < 4.78 is 32.7. The van der Waals surface area contributed by atoms with Gasteiger partial charge in [0.1, 0.15) is 5.75 Å². The first-order valence-electron chi connectivity index (χ1n) is 8.31. The number of ether oxygens (including phenoxy) is 1. The molecule has 0 atom stereocenters. The molecule has 8 nitrogen and oxygen atoms in total. The van der Waals surface area contributed by atoms with Gasteiger partial charge >= 0.3 is 0 Å². The van der Waals surface area contributed by atoms with Gasteiger partial charge in [-0.15, -0.1) is 11.3 Å². The first-order valence-corrected chi connectivity index (χ1v) is 10.7. The Morgan fingerprint density at radius 2 is 1.59 bits per heavy atom. The number of para-hydroxylation sites is 2. The zero-order valence-corrected chi connectivity index (χ0v) is 16.8. The molecule has 150 valence electrons. The molecular formula is C19H17N3O5S2. The smallest absolute Gasteiger partial charge is 0.279 e. The van der Waals surface area contributed by atoms with Gasteiger partial charge in [-0.2, -0.15) is 0 Å². The van der Waals surface area contributed by atoms with Crippen molar-refractivity contribution in [3.8, 4) is 5.75 Å². The fourth-order valence-corrected chi connectivity index (χ4v) is 4.06. The number of carbonyl (C=O) groups excluding carboxylic acids is 2. The first-order chi connectivity index (χ1) is 13.9. The fourth-order valence-electron chi connectivity index (χ4n) is 2.37. The molecule has 0 saturated carbocycles. The molecule has 2 aromatic carbocycles. The van der Waals surface area contributed by atoms with Gasteiger partial charge in [0.2, 0.25) is 0 Å². The van der Waals surface area contributed by atoms with Gasteiger partial charge in [-0.05, 0) is 47.8 Å². The summed E-state index contributed by atoms with van der Waals surface area (Å²) in [6.45, 7) is 0. The first kappa shape index (κ1) is 20.4. The summed E-state index contributed by atoms with van der Waals surface area (Å²) in [5, 5.41) is 1.75. The van der Waals surface area contributed by atoms with Crippen LogP contribution in [0.1, 0.15) is 20.0 Å². The predicted molar refractivity (Wildman–Crippen MR) is 109 cm³/mol. The molecule has 29 heavy (non-hydrogen) atoms. The number of methoxy groups -OCH3 is 1. The predicted octanol–water partition coefficient (Wildman–Crippen LogP) is 2.63. The zero-order chi connectivity index (χ0) is 20.9. The van der Waals surface area contributed by atoms with Crippen molar-refractivity contribution in [2.75, 3.05) is 11.8 Å². The van der Waals surface area contributed by atoms with Crippen LogP contribution in [-0.2, 0) is 10.0 Å². The summed E-state index contributed by atoms with van der Waals surface area (Å²) >= 11 is 1.24. The Morgan fingerprint density at radius 3 is 2.24 bits per heavy atom. The van der Waals surface area contributed by atoms with Crippen LogP contribution in [0.25, 0.3) is 0 Å². The lowest BCUT2D eigenvalue weighted by Gasteiger charge is -2.12. The number of thiophene rings is 1. The van der Waals surface area contributed by atoms with Crippen molar-refractivity contribution in [1.82, 2.24) is 10.9 Å². The van der Waals surface area contributed by atoms with Gasteiger partial charge in [0.05, 0.1) is 22.6 Å². The highest BCUT2D eigenvalue weighted by atomic mass is 32.2. The van der Waals surface area contributed by atoms with Crippen LogP contribution in [0.2, 0.25) is 0 Å². The lowest BCUT2D eigenvalue weighted by atomic mass is 10.2. The monoisotopic (exact) mass is 431 g/mol. The van der Waals surface area contributed by atoms with Crippen molar-refractivity contribution < 1.29 is 22.7 Å². The maximum absolute atomic E-state index is 12.6. The Bertz CT molecular complexity index is 1110. The van der Waals surface area contributed by atoms with E-state index in [1.807, 2.05) is 0 Å². The van der Waals surface area contributed by atoms with Crippen molar-refractivity contribution in [2.24, 2.45) is 0 Å². The van der Waals surface area contributed by atoms with E-state index in [2.05, 4.69) is 15.6 Å². The van der Waals surface area contributed by atoms with Gasteiger partial charge in [0, 0.05) is 5.56 Å². The second-order valence-electron chi connectivity index (χ2n) is 5.72. The number of sulfonamides is 1. The number of hydrogen-bond acceptors (Lipinski definition) is 6. The Balaban J connectivity index is 1.67. The van der Waals surface area contributed by atoms with E-state index in [4.69, 9.17) is 4.74 Å². The lowest BCUT2D eigenvalue weighted by Crippen LogP contribution is -2.41. The molecule has 0 bridgehead atoms. The van der Waals surface area contributed by atoms with Gasteiger partial charge in [-0.3, -0.25) is 25.2 Å². The molecule has 0 aliphatic rings. The largest absolute Gasteiger partial charge is 0.495 e. The van der Waals surface area contributed by atoms with Crippen molar-refractivity contribution in [3.63, 3.8) is 0 Å². The van der Waals surface area contributed by atoms with Crippen molar-refractivity contribution in [3.05, 3.63) is 76.5 Å². The third-order valence-corrected chi connectivity index (χ3v) is 6.06. The standard InChI is InChI=1S/C19H17N3O5S2/c1-27-16-6-3-2-5-15(16)22-29(25,26)14-10-8-13(9-11-14)18(23)20-21-19(24)17-7-4-12-28-17/h2-12,22H,1H3,(H,20,23)(H,21,24). The van der Waals surface area contributed by atoms with E-state index < -0.39 is 21.8 Å². The Hall–Kier alpha value is -3.37. The van der Waals surface area contributed by atoms with Crippen molar-refractivity contribution in [2.45, 2.75) is 4.90 Å². The van der Waals surface area contributed by atoms with Gasteiger partial charge < -0.3 is 4.74 Å². The number of anilines is 1. The van der Waals surface area contributed by atoms with E-state index in [-0.39, 0.29) is 10.5 Å². The maximum atomic E-state index is 12.6. The lowest BCUT2D eigenvalue weighted by molar-refractivity contribution is 0.0849. The third-order valence-electron chi connectivity index (χ3n) is 3.81. The van der Waals surface area contributed by atoms with Gasteiger partial charge in [-0.1, -0.05) is 18.2 Å². The molecule has 1 heterocycles. The number of hydrogen-bond donors (Lipinski definition) is 3. The second kappa shape index (κ2) is 8.76. The fraction of sp³-hybridized carbons (Fsp3) is 0.0526. The van der Waals surface area contributed by atoms with Crippen LogP contribution >= 0.6 is 11.3 Å². The van der Waals surface area contributed by atoms with Crippen LogP contribution in [0.3, 0.4) is 0 Å². The molecule has 3 aromatic rings. The number of hydrazine groups is 1. The molecule has 0 fully saturated rings. The number of benzene rings is 2. The van der Waals surface area contributed by atoms with Crippen LogP contribution < -0.4 is 20.3 Å². The van der Waals surface area contributed by atoms with E-state index in [1.165, 1.54) is 42.7 Å². The quantitative estimate of drug-likeness (QED) is 0.519. The minimum atomic E-state index is -3.87. The van der Waals surface area contributed by atoms with Crippen LogP contribution in [0, 0.1) is 0 Å². The van der Waals surface area contributed by atoms with Crippen LogP contribution in [0.4, 0.5) is 5.69 Å². The highest BCUT2D eigenvalue weighted by Gasteiger charge is 2.17. The minimum Gasteiger partial charge on any atom is -0.495 e. The summed E-state index contributed by atoms with van der Waals surface area (Å²) in [6.07, 6.45) is 0. The van der Waals surface area contributed by atoms with E-state index in [0.29, 0.717) is 16.3 Å². The summed E-state index contributed by atoms with van der Waals surface area (Å²) in [5.74, 6) is -0.626. The maximum Gasteiger partial charge on any atom is 0.279 e. The van der Waals surface area contributed by atoms with Gasteiger partial charge in [0.15, 0.2) is 0 Å². The molecule has 0 saturated heterocycles. The molecule has 2 amide bonds. The van der Waals surface area contributed by atoms with Crippen molar-refractivity contribution in [1.29, 1.82) is 0 Å². The third kappa shape index (κ3) is 4.92. The number of amides is 2. The van der Waals surface area contributed by atoms with E-state index in [0.717, 1.165) is 0 Å². The topological polar surface area (TPSA) is 114 Å².